The molecule has 5 N–H and O–H groups in total. The molecule has 0 spiro atoms. The predicted octanol–water partition coefficient (Wildman–Crippen LogP) is 0.491. The molecule has 1 aromatic carbocycles. The summed E-state index contributed by atoms with van der Waals surface area (Å²) in [6.45, 7) is 1.44. The zero-order valence-electron chi connectivity index (χ0n) is 8.93. The van der Waals surface area contributed by atoms with Gasteiger partial charge >= 0.3 is 5.97 Å². The lowest BCUT2D eigenvalue weighted by molar-refractivity contribution is 0.0694. The Morgan fingerprint density at radius 1 is 1.25 bits per heavy atom. The van der Waals surface area contributed by atoms with Crippen LogP contribution in [0, 0.1) is 0 Å². The Labute approximate surface area is 94.1 Å². The fourth-order valence-electron chi connectivity index (χ4n) is 0.912. The van der Waals surface area contributed by atoms with Crippen molar-refractivity contribution in [1.82, 2.24) is 0 Å². The Balaban J connectivity index is 0.000000385. The molecule has 5 heteroatoms. The number of carboxylic acid groups (broad SMARTS) is 1. The highest BCUT2D eigenvalue weighted by Gasteiger charge is 2.06. The lowest BCUT2D eigenvalue weighted by Gasteiger charge is -1.95. The van der Waals surface area contributed by atoms with E-state index in [1.54, 1.807) is 12.1 Å². The molecule has 0 fully saturated rings. The quantitative estimate of drug-likeness (QED) is 0.645. The maximum absolute atomic E-state index is 10.4. The molecule has 0 saturated heterocycles. The minimum absolute atomic E-state index is 0.0440. The number of carbonyl (C=O) groups excluding carboxylic acids is 1. The van der Waals surface area contributed by atoms with Gasteiger partial charge in [0.1, 0.15) is 0 Å². The molecule has 0 saturated carbocycles. The monoisotopic (exact) mass is 224 g/mol. The van der Waals surface area contributed by atoms with Crippen LogP contribution in [0.25, 0.3) is 0 Å². The molecule has 16 heavy (non-hydrogen) atoms. The lowest BCUT2D eigenvalue weighted by atomic mass is 10.1. The minimum Gasteiger partial charge on any atom is -0.478 e. The summed E-state index contributed by atoms with van der Waals surface area (Å²) in [5.74, 6) is -1.08. The average Bonchev–Trinajstić information content (AvgIpc) is 2.31. The number of aromatic carboxylic acids is 1. The number of benzene rings is 1. The Morgan fingerprint density at radius 3 is 2.12 bits per heavy atom. The van der Waals surface area contributed by atoms with Gasteiger partial charge in [0.25, 0.3) is 0 Å². The second-order valence-corrected chi connectivity index (χ2v) is 2.94. The Morgan fingerprint density at radius 2 is 1.81 bits per heavy atom. The third kappa shape index (κ3) is 5.23. The number of nitrogens with two attached hydrogens (primary N) is 2. The van der Waals surface area contributed by atoms with Crippen LogP contribution in [0.4, 0.5) is 0 Å². The van der Waals surface area contributed by atoms with Crippen LogP contribution in [-0.2, 0) is 0 Å². The zero-order chi connectivity index (χ0) is 12.4. The first kappa shape index (κ1) is 14.3. The number of aldehydes is 1. The van der Waals surface area contributed by atoms with Gasteiger partial charge < -0.3 is 16.6 Å². The standard InChI is InChI=1S/C8H6O3.C3H10N2/c9-5-6-3-1-2-4-7(6)8(10)11;4-2-1-3-5/h1-5H,(H,10,11);1-5H2. The van der Waals surface area contributed by atoms with Crippen molar-refractivity contribution in [2.75, 3.05) is 13.1 Å². The van der Waals surface area contributed by atoms with E-state index in [9.17, 15) is 9.59 Å². The molecule has 5 nitrogen and oxygen atoms in total. The van der Waals surface area contributed by atoms with Gasteiger partial charge in [-0.3, -0.25) is 4.79 Å². The van der Waals surface area contributed by atoms with E-state index >= 15 is 0 Å². The summed E-state index contributed by atoms with van der Waals surface area (Å²) < 4.78 is 0. The van der Waals surface area contributed by atoms with Crippen molar-refractivity contribution in [3.05, 3.63) is 35.4 Å². The van der Waals surface area contributed by atoms with Crippen LogP contribution in [0.5, 0.6) is 0 Å². The normalized spacial score (nSPS) is 8.88. The molecule has 0 amide bonds. The predicted molar refractivity (Wildman–Crippen MR) is 61.5 cm³/mol. The number of rotatable bonds is 4. The molecule has 0 radical (unpaired) electrons. The van der Waals surface area contributed by atoms with Gasteiger partial charge in [-0.25, -0.2) is 4.79 Å². The molecule has 88 valence electrons. The molecular formula is C11H16N2O3. The number of carbonyl (C=O) groups is 2. The third-order valence-electron chi connectivity index (χ3n) is 1.73. The van der Waals surface area contributed by atoms with Crippen molar-refractivity contribution in [2.45, 2.75) is 6.42 Å². The smallest absolute Gasteiger partial charge is 0.336 e. The molecule has 0 bridgehead atoms. The molecule has 0 atom stereocenters. The fourth-order valence-corrected chi connectivity index (χ4v) is 0.912. The van der Waals surface area contributed by atoms with Crippen molar-refractivity contribution in [1.29, 1.82) is 0 Å². The van der Waals surface area contributed by atoms with Crippen LogP contribution in [-0.4, -0.2) is 30.5 Å². The van der Waals surface area contributed by atoms with Crippen LogP contribution in [0.2, 0.25) is 0 Å². The van der Waals surface area contributed by atoms with Crippen LogP contribution in [0.3, 0.4) is 0 Å². The molecule has 1 aromatic rings. The van der Waals surface area contributed by atoms with Crippen LogP contribution in [0.1, 0.15) is 27.1 Å². The summed E-state index contributed by atoms with van der Waals surface area (Å²) in [7, 11) is 0. The highest BCUT2D eigenvalue weighted by molar-refractivity contribution is 5.96. The van der Waals surface area contributed by atoms with Crippen molar-refractivity contribution in [3.8, 4) is 0 Å². The molecule has 0 aliphatic carbocycles. The van der Waals surface area contributed by atoms with Gasteiger partial charge in [0.15, 0.2) is 6.29 Å². The van der Waals surface area contributed by atoms with Gasteiger partial charge in [-0.2, -0.15) is 0 Å². The molecule has 0 aliphatic heterocycles. The summed E-state index contributed by atoms with van der Waals surface area (Å²) in [5.41, 5.74) is 10.4. The summed E-state index contributed by atoms with van der Waals surface area (Å²) >= 11 is 0. The lowest BCUT2D eigenvalue weighted by Crippen LogP contribution is -2.06. The molecule has 0 heterocycles. The van der Waals surface area contributed by atoms with E-state index in [1.165, 1.54) is 12.1 Å². The Hall–Kier alpha value is -1.72. The third-order valence-corrected chi connectivity index (χ3v) is 1.73. The number of hydrogen-bond acceptors (Lipinski definition) is 4. The van der Waals surface area contributed by atoms with E-state index in [2.05, 4.69) is 0 Å². The summed E-state index contributed by atoms with van der Waals surface area (Å²) in [5, 5.41) is 8.54. The van der Waals surface area contributed by atoms with Crippen LogP contribution >= 0.6 is 0 Å². The van der Waals surface area contributed by atoms with E-state index < -0.39 is 5.97 Å². The second kappa shape index (κ2) is 8.58. The Kier molecular flexibility index (Phi) is 7.66. The van der Waals surface area contributed by atoms with E-state index in [0.29, 0.717) is 6.29 Å². The van der Waals surface area contributed by atoms with Gasteiger partial charge in [0.2, 0.25) is 0 Å². The zero-order valence-corrected chi connectivity index (χ0v) is 8.93. The van der Waals surface area contributed by atoms with Crippen LogP contribution in [0.15, 0.2) is 24.3 Å². The first-order chi connectivity index (χ1) is 7.67. The van der Waals surface area contributed by atoms with Gasteiger partial charge in [-0.05, 0) is 25.6 Å². The topological polar surface area (TPSA) is 106 Å². The van der Waals surface area contributed by atoms with Crippen molar-refractivity contribution in [3.63, 3.8) is 0 Å². The van der Waals surface area contributed by atoms with Gasteiger partial charge in [-0.15, -0.1) is 0 Å². The van der Waals surface area contributed by atoms with Gasteiger partial charge in [0.05, 0.1) is 5.56 Å². The highest BCUT2D eigenvalue weighted by atomic mass is 16.4. The van der Waals surface area contributed by atoms with E-state index in [4.69, 9.17) is 16.6 Å². The maximum Gasteiger partial charge on any atom is 0.336 e. The van der Waals surface area contributed by atoms with Crippen molar-refractivity contribution in [2.24, 2.45) is 11.5 Å². The molecule has 0 unspecified atom stereocenters. The first-order valence-corrected chi connectivity index (χ1v) is 4.85. The summed E-state index contributed by atoms with van der Waals surface area (Å²) in [4.78, 5) is 20.7. The fraction of sp³-hybridized carbons (Fsp3) is 0.273. The Bertz CT molecular complexity index is 338. The number of carboxylic acids is 1. The van der Waals surface area contributed by atoms with Gasteiger partial charge in [0, 0.05) is 5.56 Å². The molecular weight excluding hydrogens is 208 g/mol. The van der Waals surface area contributed by atoms with E-state index in [0.717, 1.165) is 19.5 Å². The highest BCUT2D eigenvalue weighted by Crippen LogP contribution is 2.04. The molecule has 0 aliphatic rings. The summed E-state index contributed by atoms with van der Waals surface area (Å²) in [6.07, 6.45) is 1.48. The number of hydrogen-bond donors (Lipinski definition) is 3. The molecule has 1 rings (SSSR count). The van der Waals surface area contributed by atoms with Gasteiger partial charge in [-0.1, -0.05) is 18.2 Å². The average molecular weight is 224 g/mol. The largest absolute Gasteiger partial charge is 0.478 e. The maximum atomic E-state index is 10.4. The molecule has 0 aromatic heterocycles. The van der Waals surface area contributed by atoms with Crippen molar-refractivity contribution >= 4 is 12.3 Å². The van der Waals surface area contributed by atoms with Crippen molar-refractivity contribution < 1.29 is 14.7 Å². The SMILES string of the molecule is NCCCN.O=Cc1ccccc1C(=O)O. The summed E-state index contributed by atoms with van der Waals surface area (Å²) in [6, 6.07) is 6.06. The minimum atomic E-state index is -1.08. The first-order valence-electron chi connectivity index (χ1n) is 4.85. The van der Waals surface area contributed by atoms with E-state index in [-0.39, 0.29) is 11.1 Å². The van der Waals surface area contributed by atoms with Crippen LogP contribution < -0.4 is 11.5 Å². The second-order valence-electron chi connectivity index (χ2n) is 2.94. The van der Waals surface area contributed by atoms with E-state index in [1.807, 2.05) is 0 Å².